The maximum absolute atomic E-state index is 12.2. The molecule has 2 aromatic carbocycles. The summed E-state index contributed by atoms with van der Waals surface area (Å²) in [4.78, 5) is 24.2. The molecule has 1 N–H and O–H groups in total. The van der Waals surface area contributed by atoms with Gasteiger partial charge in [0.15, 0.2) is 6.61 Å². The van der Waals surface area contributed by atoms with Crippen LogP contribution in [-0.4, -0.2) is 39.7 Å². The Balaban J connectivity index is 1.63. The average molecular weight is 399 g/mol. The number of nitrogens with zero attached hydrogens (tertiary/aromatic N) is 2. The van der Waals surface area contributed by atoms with Crippen LogP contribution in [0.3, 0.4) is 0 Å². The molecule has 144 valence electrons. The molecular formula is C19H17N3O5S. The van der Waals surface area contributed by atoms with Crippen LogP contribution in [-0.2, 0) is 26.0 Å². The van der Waals surface area contributed by atoms with Crippen molar-refractivity contribution in [1.29, 1.82) is 5.26 Å². The maximum Gasteiger partial charge on any atom is 0.338 e. The highest BCUT2D eigenvalue weighted by molar-refractivity contribution is 7.92. The second-order valence-corrected chi connectivity index (χ2v) is 8.12. The van der Waals surface area contributed by atoms with Gasteiger partial charge in [-0.3, -0.25) is 9.10 Å². The van der Waals surface area contributed by atoms with Crippen LogP contribution in [0.4, 0.5) is 11.4 Å². The Labute approximate surface area is 162 Å². The number of benzene rings is 2. The lowest BCUT2D eigenvalue weighted by Crippen LogP contribution is -2.27. The van der Waals surface area contributed by atoms with Crippen molar-refractivity contribution < 1.29 is 22.7 Å². The summed E-state index contributed by atoms with van der Waals surface area (Å²) in [6.07, 6.45) is 1.63. The number of rotatable bonds is 5. The van der Waals surface area contributed by atoms with Crippen molar-refractivity contribution in [3.63, 3.8) is 0 Å². The molecule has 0 atom stereocenters. The summed E-state index contributed by atoms with van der Waals surface area (Å²) < 4.78 is 29.8. The molecule has 0 saturated heterocycles. The highest BCUT2D eigenvalue weighted by Gasteiger charge is 2.27. The topological polar surface area (TPSA) is 117 Å². The number of hydrogen-bond donors (Lipinski definition) is 1. The molecule has 1 heterocycles. The van der Waals surface area contributed by atoms with Crippen LogP contribution >= 0.6 is 0 Å². The summed E-state index contributed by atoms with van der Waals surface area (Å²) in [7, 11) is -3.36. The molecule has 9 heteroatoms. The van der Waals surface area contributed by atoms with E-state index in [9.17, 15) is 18.0 Å². The molecule has 0 spiro atoms. The largest absolute Gasteiger partial charge is 0.452 e. The Morgan fingerprint density at radius 1 is 1.25 bits per heavy atom. The third kappa shape index (κ3) is 4.13. The van der Waals surface area contributed by atoms with Crippen molar-refractivity contribution in [2.75, 3.05) is 29.0 Å². The number of anilines is 2. The molecule has 0 fully saturated rings. The van der Waals surface area contributed by atoms with Crippen LogP contribution in [0.5, 0.6) is 0 Å². The van der Waals surface area contributed by atoms with E-state index >= 15 is 0 Å². The zero-order valence-corrected chi connectivity index (χ0v) is 15.8. The first-order valence-electron chi connectivity index (χ1n) is 8.36. The van der Waals surface area contributed by atoms with E-state index in [2.05, 4.69) is 5.32 Å². The molecule has 0 aromatic heterocycles. The summed E-state index contributed by atoms with van der Waals surface area (Å²) in [5, 5.41) is 11.5. The number of fused-ring (bicyclic) bond motifs is 1. The molecule has 8 nitrogen and oxygen atoms in total. The lowest BCUT2D eigenvalue weighted by atomic mass is 10.1. The van der Waals surface area contributed by atoms with Gasteiger partial charge in [0.2, 0.25) is 10.0 Å². The van der Waals surface area contributed by atoms with Crippen LogP contribution < -0.4 is 9.62 Å². The zero-order chi connectivity index (χ0) is 20.3. The highest BCUT2D eigenvalue weighted by Crippen LogP contribution is 2.30. The van der Waals surface area contributed by atoms with Gasteiger partial charge in [-0.1, -0.05) is 12.1 Å². The summed E-state index contributed by atoms with van der Waals surface area (Å²) in [6, 6.07) is 13.0. The fourth-order valence-electron chi connectivity index (χ4n) is 2.93. The number of sulfonamides is 1. The molecule has 0 saturated carbocycles. The van der Waals surface area contributed by atoms with Gasteiger partial charge in [-0.15, -0.1) is 0 Å². The van der Waals surface area contributed by atoms with Gasteiger partial charge in [-0.2, -0.15) is 5.26 Å². The van der Waals surface area contributed by atoms with Gasteiger partial charge in [0.05, 0.1) is 28.8 Å². The lowest BCUT2D eigenvalue weighted by molar-refractivity contribution is -0.119. The van der Waals surface area contributed by atoms with Crippen LogP contribution in [0.2, 0.25) is 0 Å². The molecule has 0 aliphatic carbocycles. The summed E-state index contributed by atoms with van der Waals surface area (Å²) >= 11 is 0. The molecule has 0 bridgehead atoms. The van der Waals surface area contributed by atoms with Gasteiger partial charge < -0.3 is 10.1 Å². The van der Waals surface area contributed by atoms with Gasteiger partial charge >= 0.3 is 5.97 Å². The molecule has 28 heavy (non-hydrogen) atoms. The Morgan fingerprint density at radius 3 is 2.71 bits per heavy atom. The van der Waals surface area contributed by atoms with Gasteiger partial charge in [-0.05, 0) is 42.3 Å². The molecule has 1 aliphatic rings. The minimum absolute atomic E-state index is 0.235. The van der Waals surface area contributed by atoms with Crippen LogP contribution in [0.25, 0.3) is 0 Å². The van der Waals surface area contributed by atoms with Crippen molar-refractivity contribution in [3.8, 4) is 6.07 Å². The average Bonchev–Trinajstić information content (AvgIpc) is 3.10. The van der Waals surface area contributed by atoms with E-state index in [-0.39, 0.29) is 5.56 Å². The minimum atomic E-state index is -3.36. The number of para-hydroxylation sites is 1. The van der Waals surface area contributed by atoms with E-state index < -0.39 is 28.5 Å². The molecule has 0 unspecified atom stereocenters. The van der Waals surface area contributed by atoms with Gasteiger partial charge in [0, 0.05) is 6.54 Å². The summed E-state index contributed by atoms with van der Waals surface area (Å²) in [5.41, 5.74) is 2.15. The first-order valence-corrected chi connectivity index (χ1v) is 10.2. The molecule has 1 amide bonds. The predicted octanol–water partition coefficient (Wildman–Crippen LogP) is 1.68. The van der Waals surface area contributed by atoms with E-state index in [0.717, 1.165) is 11.8 Å². The molecule has 0 radical (unpaired) electrons. The number of carbonyl (C=O) groups is 2. The number of hydrogen-bond acceptors (Lipinski definition) is 6. The van der Waals surface area contributed by atoms with E-state index in [0.29, 0.717) is 29.9 Å². The van der Waals surface area contributed by atoms with E-state index in [4.69, 9.17) is 10.00 Å². The molecule has 1 aliphatic heterocycles. The number of nitrogens with one attached hydrogen (secondary N) is 1. The van der Waals surface area contributed by atoms with Crippen LogP contribution in [0, 0.1) is 11.3 Å². The predicted molar refractivity (Wildman–Crippen MR) is 102 cm³/mol. The highest BCUT2D eigenvalue weighted by atomic mass is 32.2. The SMILES string of the molecule is CS(=O)(=O)N1CCc2cc(C(=O)OCC(=O)Nc3ccccc3C#N)ccc21. The Hall–Kier alpha value is -3.38. The maximum atomic E-state index is 12.2. The fraction of sp³-hybridized carbons (Fsp3) is 0.211. The second-order valence-electron chi connectivity index (χ2n) is 6.21. The van der Waals surface area contributed by atoms with Gasteiger partial charge in [0.1, 0.15) is 6.07 Å². The van der Waals surface area contributed by atoms with Crippen molar-refractivity contribution >= 4 is 33.3 Å². The van der Waals surface area contributed by atoms with E-state index in [1.54, 1.807) is 36.4 Å². The Bertz CT molecular complexity index is 1090. The summed E-state index contributed by atoms with van der Waals surface area (Å²) in [5.74, 6) is -1.26. The third-order valence-corrected chi connectivity index (χ3v) is 5.40. The van der Waals surface area contributed by atoms with Crippen LogP contribution in [0.1, 0.15) is 21.5 Å². The standard InChI is InChI=1S/C19H17N3O5S/c1-28(25,26)22-9-8-13-10-14(6-7-17(13)22)19(24)27-12-18(23)21-16-5-3-2-4-15(16)11-20/h2-7,10H,8-9,12H2,1H3,(H,21,23). The number of amides is 1. The van der Waals surface area contributed by atoms with Crippen molar-refractivity contribution in [3.05, 3.63) is 59.2 Å². The number of carbonyl (C=O) groups excluding carboxylic acids is 2. The van der Waals surface area contributed by atoms with Gasteiger partial charge in [0.25, 0.3) is 5.91 Å². The quantitative estimate of drug-likeness (QED) is 0.765. The first-order chi connectivity index (χ1) is 13.3. The molecule has 2 aromatic rings. The van der Waals surface area contributed by atoms with Crippen LogP contribution in [0.15, 0.2) is 42.5 Å². The fourth-order valence-corrected chi connectivity index (χ4v) is 3.89. The van der Waals surface area contributed by atoms with Crippen molar-refractivity contribution in [2.45, 2.75) is 6.42 Å². The third-order valence-electron chi connectivity index (χ3n) is 4.22. The minimum Gasteiger partial charge on any atom is -0.452 e. The Kier molecular flexibility index (Phi) is 5.33. The smallest absolute Gasteiger partial charge is 0.338 e. The Morgan fingerprint density at radius 2 is 2.00 bits per heavy atom. The van der Waals surface area contributed by atoms with Gasteiger partial charge in [-0.25, -0.2) is 13.2 Å². The van der Waals surface area contributed by atoms with E-state index in [1.807, 2.05) is 6.07 Å². The monoisotopic (exact) mass is 399 g/mol. The zero-order valence-electron chi connectivity index (χ0n) is 15.0. The van der Waals surface area contributed by atoms with Crippen molar-refractivity contribution in [2.24, 2.45) is 0 Å². The molecule has 3 rings (SSSR count). The second kappa shape index (κ2) is 7.70. The first kappa shape index (κ1) is 19.4. The summed E-state index contributed by atoms with van der Waals surface area (Å²) in [6.45, 7) is -0.182. The number of nitriles is 1. The van der Waals surface area contributed by atoms with E-state index in [1.165, 1.54) is 10.4 Å². The number of ether oxygens (including phenoxy) is 1. The lowest BCUT2D eigenvalue weighted by Gasteiger charge is -2.16. The van der Waals surface area contributed by atoms with Crippen molar-refractivity contribution in [1.82, 2.24) is 0 Å². The normalized spacial score (nSPS) is 12.8. The molecular weight excluding hydrogens is 382 g/mol. The number of esters is 1.